The lowest BCUT2D eigenvalue weighted by Gasteiger charge is -2.30. The number of nitro groups is 1. The molecule has 1 aliphatic heterocycles. The van der Waals surface area contributed by atoms with Crippen molar-refractivity contribution in [3.63, 3.8) is 0 Å². The molecule has 1 aliphatic rings. The average molecular weight is 346 g/mol. The standard InChI is InChI=1S/C15H18N6O4/c1-10-4-6-20(7-5-10)14-12(21(23)24)13(16-9-17-14)18-19-15(22)11-3-2-8-25-11/h2-3,8-10H,4-7H2,1H3,(H,19,22)(H,16,17,18). The van der Waals surface area contributed by atoms with Gasteiger partial charge in [-0.1, -0.05) is 6.92 Å². The molecule has 0 aliphatic carbocycles. The first-order valence-corrected chi connectivity index (χ1v) is 7.90. The smallest absolute Gasteiger partial charge is 0.355 e. The lowest BCUT2D eigenvalue weighted by atomic mass is 9.99. The molecule has 0 saturated carbocycles. The van der Waals surface area contributed by atoms with Crippen LogP contribution in [0.1, 0.15) is 30.3 Å². The fraction of sp³-hybridized carbons (Fsp3) is 0.400. The van der Waals surface area contributed by atoms with E-state index in [0.717, 1.165) is 12.8 Å². The average Bonchev–Trinajstić information content (AvgIpc) is 3.14. The Bertz CT molecular complexity index is 755. The van der Waals surface area contributed by atoms with E-state index in [1.54, 1.807) is 6.07 Å². The van der Waals surface area contributed by atoms with Crippen LogP contribution in [0.15, 0.2) is 29.1 Å². The molecule has 2 aromatic heterocycles. The monoisotopic (exact) mass is 346 g/mol. The number of piperidine rings is 1. The van der Waals surface area contributed by atoms with E-state index in [9.17, 15) is 14.9 Å². The van der Waals surface area contributed by atoms with Crippen LogP contribution in [0.4, 0.5) is 17.3 Å². The van der Waals surface area contributed by atoms with E-state index in [4.69, 9.17) is 4.42 Å². The number of hydrogen-bond donors (Lipinski definition) is 2. The summed E-state index contributed by atoms with van der Waals surface area (Å²) in [4.78, 5) is 32.7. The number of anilines is 2. The van der Waals surface area contributed by atoms with Gasteiger partial charge in [-0.2, -0.15) is 0 Å². The molecular formula is C15H18N6O4. The summed E-state index contributed by atoms with van der Waals surface area (Å²) in [6, 6.07) is 3.04. The van der Waals surface area contributed by atoms with Crippen molar-refractivity contribution < 1.29 is 14.1 Å². The van der Waals surface area contributed by atoms with Gasteiger partial charge in [0, 0.05) is 13.1 Å². The second-order valence-corrected chi connectivity index (χ2v) is 5.88. The molecular weight excluding hydrogens is 328 g/mol. The molecule has 2 aromatic rings. The highest BCUT2D eigenvalue weighted by molar-refractivity contribution is 5.92. The van der Waals surface area contributed by atoms with E-state index < -0.39 is 10.8 Å². The number of hydrazine groups is 1. The van der Waals surface area contributed by atoms with Crippen molar-refractivity contribution in [2.24, 2.45) is 5.92 Å². The molecule has 1 amide bonds. The molecule has 0 radical (unpaired) electrons. The number of amides is 1. The number of carbonyl (C=O) groups is 1. The van der Waals surface area contributed by atoms with Crippen LogP contribution in [0.3, 0.4) is 0 Å². The van der Waals surface area contributed by atoms with Gasteiger partial charge in [-0.15, -0.1) is 0 Å². The highest BCUT2D eigenvalue weighted by Crippen LogP contribution is 2.33. The SMILES string of the molecule is CC1CCN(c2ncnc(NNC(=O)c3ccco3)c2[N+](=O)[O-])CC1. The maximum absolute atomic E-state index is 11.9. The molecule has 132 valence electrons. The van der Waals surface area contributed by atoms with Gasteiger partial charge < -0.3 is 9.32 Å². The summed E-state index contributed by atoms with van der Waals surface area (Å²) in [5.41, 5.74) is 4.56. The van der Waals surface area contributed by atoms with Crippen molar-refractivity contribution in [2.45, 2.75) is 19.8 Å². The zero-order valence-corrected chi connectivity index (χ0v) is 13.6. The largest absolute Gasteiger partial charge is 0.459 e. The maximum atomic E-state index is 11.9. The van der Waals surface area contributed by atoms with Gasteiger partial charge in [0.25, 0.3) is 0 Å². The number of rotatable bonds is 5. The Balaban J connectivity index is 1.80. The Labute approximate surface area is 143 Å². The normalized spacial score (nSPS) is 15.0. The Kier molecular flexibility index (Phi) is 4.78. The van der Waals surface area contributed by atoms with E-state index in [1.807, 2.05) is 4.90 Å². The zero-order chi connectivity index (χ0) is 17.8. The number of nitrogens with one attached hydrogen (secondary N) is 2. The number of carbonyl (C=O) groups excluding carboxylic acids is 1. The summed E-state index contributed by atoms with van der Waals surface area (Å²) in [7, 11) is 0. The van der Waals surface area contributed by atoms with Crippen molar-refractivity contribution in [3.05, 3.63) is 40.6 Å². The lowest BCUT2D eigenvalue weighted by Crippen LogP contribution is -2.35. The molecule has 1 saturated heterocycles. The summed E-state index contributed by atoms with van der Waals surface area (Å²) in [5.74, 6) is 0.276. The van der Waals surface area contributed by atoms with Crippen LogP contribution in [-0.2, 0) is 0 Å². The molecule has 0 aromatic carbocycles. The highest BCUT2D eigenvalue weighted by Gasteiger charge is 2.29. The van der Waals surface area contributed by atoms with Crippen molar-refractivity contribution in [1.82, 2.24) is 15.4 Å². The summed E-state index contributed by atoms with van der Waals surface area (Å²) < 4.78 is 4.96. The predicted octanol–water partition coefficient (Wildman–Crippen LogP) is 1.97. The van der Waals surface area contributed by atoms with Gasteiger partial charge in [-0.25, -0.2) is 9.97 Å². The van der Waals surface area contributed by atoms with Crippen molar-refractivity contribution in [1.29, 1.82) is 0 Å². The molecule has 1 fully saturated rings. The molecule has 25 heavy (non-hydrogen) atoms. The summed E-state index contributed by atoms with van der Waals surface area (Å²) >= 11 is 0. The van der Waals surface area contributed by atoms with Gasteiger partial charge in [0.05, 0.1) is 11.2 Å². The number of furan rings is 1. The lowest BCUT2D eigenvalue weighted by molar-refractivity contribution is -0.383. The zero-order valence-electron chi connectivity index (χ0n) is 13.6. The van der Waals surface area contributed by atoms with E-state index in [1.165, 1.54) is 18.7 Å². The van der Waals surface area contributed by atoms with Gasteiger partial charge in [0.2, 0.25) is 11.6 Å². The Morgan fingerprint density at radius 2 is 2.16 bits per heavy atom. The molecule has 2 N–H and O–H groups in total. The summed E-state index contributed by atoms with van der Waals surface area (Å²) in [5, 5.41) is 11.6. The van der Waals surface area contributed by atoms with Crippen LogP contribution in [0, 0.1) is 16.0 Å². The molecule has 10 heteroatoms. The van der Waals surface area contributed by atoms with Crippen molar-refractivity contribution in [3.8, 4) is 0 Å². The van der Waals surface area contributed by atoms with Crippen LogP contribution in [0.25, 0.3) is 0 Å². The third kappa shape index (κ3) is 3.67. The number of hydrogen-bond acceptors (Lipinski definition) is 8. The van der Waals surface area contributed by atoms with Crippen LogP contribution < -0.4 is 15.8 Å². The molecule has 0 unspecified atom stereocenters. The Morgan fingerprint density at radius 3 is 2.80 bits per heavy atom. The summed E-state index contributed by atoms with van der Waals surface area (Å²) in [6.45, 7) is 3.54. The Hall–Kier alpha value is -3.17. The predicted molar refractivity (Wildman–Crippen MR) is 89.1 cm³/mol. The van der Waals surface area contributed by atoms with Gasteiger partial charge in [-0.3, -0.25) is 25.8 Å². The first-order valence-electron chi connectivity index (χ1n) is 7.90. The van der Waals surface area contributed by atoms with Gasteiger partial charge in [0.15, 0.2) is 5.76 Å². The molecule has 3 rings (SSSR count). The fourth-order valence-corrected chi connectivity index (χ4v) is 2.67. The maximum Gasteiger partial charge on any atom is 0.355 e. The second kappa shape index (κ2) is 7.16. The Morgan fingerprint density at radius 1 is 1.40 bits per heavy atom. The van der Waals surface area contributed by atoms with Crippen molar-refractivity contribution >= 4 is 23.2 Å². The first-order chi connectivity index (χ1) is 12.1. The van der Waals surface area contributed by atoms with Crippen LogP contribution >= 0.6 is 0 Å². The first kappa shape index (κ1) is 16.7. The van der Waals surface area contributed by atoms with Crippen LogP contribution in [-0.4, -0.2) is 33.9 Å². The van der Waals surface area contributed by atoms with Crippen molar-refractivity contribution in [2.75, 3.05) is 23.4 Å². The molecule has 10 nitrogen and oxygen atoms in total. The molecule has 0 atom stereocenters. The van der Waals surface area contributed by atoms with E-state index in [2.05, 4.69) is 27.7 Å². The quantitative estimate of drug-likeness (QED) is 0.621. The molecule has 3 heterocycles. The number of aromatic nitrogens is 2. The van der Waals surface area contributed by atoms with E-state index >= 15 is 0 Å². The van der Waals surface area contributed by atoms with Gasteiger partial charge in [0.1, 0.15) is 6.33 Å². The highest BCUT2D eigenvalue weighted by atomic mass is 16.6. The second-order valence-electron chi connectivity index (χ2n) is 5.88. The van der Waals surface area contributed by atoms with Crippen LogP contribution in [0.2, 0.25) is 0 Å². The third-order valence-electron chi connectivity index (χ3n) is 4.11. The van der Waals surface area contributed by atoms with Gasteiger partial charge >= 0.3 is 11.6 Å². The molecule has 0 bridgehead atoms. The van der Waals surface area contributed by atoms with E-state index in [0.29, 0.717) is 19.0 Å². The van der Waals surface area contributed by atoms with Gasteiger partial charge in [-0.05, 0) is 30.9 Å². The van der Waals surface area contributed by atoms with E-state index in [-0.39, 0.29) is 23.1 Å². The topological polar surface area (TPSA) is 126 Å². The third-order valence-corrected chi connectivity index (χ3v) is 4.11. The minimum absolute atomic E-state index is 0.0754. The fourth-order valence-electron chi connectivity index (χ4n) is 2.67. The minimum Gasteiger partial charge on any atom is -0.459 e. The minimum atomic E-state index is -0.564. The summed E-state index contributed by atoms with van der Waals surface area (Å²) in [6.07, 6.45) is 4.48. The molecule has 0 spiro atoms. The number of nitrogens with zero attached hydrogens (tertiary/aromatic N) is 4. The van der Waals surface area contributed by atoms with Crippen LogP contribution in [0.5, 0.6) is 0 Å².